The van der Waals surface area contributed by atoms with Gasteiger partial charge in [0.1, 0.15) is 11.3 Å². The summed E-state index contributed by atoms with van der Waals surface area (Å²) in [5.74, 6) is -1.01. The van der Waals surface area contributed by atoms with Crippen molar-refractivity contribution in [1.82, 2.24) is 10.3 Å². The number of halogens is 6. The zero-order valence-corrected chi connectivity index (χ0v) is 15.4. The van der Waals surface area contributed by atoms with Gasteiger partial charge in [-0.25, -0.2) is 0 Å². The highest BCUT2D eigenvalue weighted by atomic mass is 19.4. The number of carbonyl (C=O) groups excluding carboxylic acids is 1. The van der Waals surface area contributed by atoms with Crippen LogP contribution in [0.4, 0.5) is 26.3 Å². The van der Waals surface area contributed by atoms with Crippen molar-refractivity contribution in [3.8, 4) is 11.1 Å². The van der Waals surface area contributed by atoms with Crippen LogP contribution in [-0.2, 0) is 12.4 Å². The molecule has 4 rings (SSSR count). The number of aromatic nitrogens is 1. The van der Waals surface area contributed by atoms with Crippen LogP contribution in [0.25, 0.3) is 11.1 Å². The van der Waals surface area contributed by atoms with Crippen molar-refractivity contribution in [3.05, 3.63) is 92.9 Å². The molecular weight excluding hydrogens is 426 g/mol. The van der Waals surface area contributed by atoms with Crippen molar-refractivity contribution >= 4 is 5.91 Å². The van der Waals surface area contributed by atoms with Gasteiger partial charge in [-0.15, -0.1) is 0 Å². The molecule has 1 amide bonds. The number of benzene rings is 2. The Morgan fingerprint density at radius 1 is 0.839 bits per heavy atom. The molecule has 0 radical (unpaired) electrons. The van der Waals surface area contributed by atoms with Crippen LogP contribution in [-0.4, -0.2) is 10.9 Å². The van der Waals surface area contributed by atoms with E-state index in [1.54, 1.807) is 29.2 Å². The molecule has 1 heterocycles. The molecule has 4 nitrogen and oxygen atoms in total. The highest BCUT2D eigenvalue weighted by molar-refractivity contribution is 5.95. The molecule has 1 unspecified atom stereocenters. The van der Waals surface area contributed by atoms with E-state index in [-0.39, 0.29) is 5.56 Å². The van der Waals surface area contributed by atoms with Crippen molar-refractivity contribution < 1.29 is 31.1 Å². The number of amides is 1. The Hall–Kier alpha value is -3.56. The fourth-order valence-electron chi connectivity index (χ4n) is 3.57. The average Bonchev–Trinajstić information content (AvgIpc) is 3.00. The predicted molar refractivity (Wildman–Crippen MR) is 98.3 cm³/mol. The molecule has 160 valence electrons. The van der Waals surface area contributed by atoms with E-state index >= 15 is 0 Å². The van der Waals surface area contributed by atoms with E-state index in [9.17, 15) is 35.9 Å². The number of H-pyrrole nitrogens is 1. The Morgan fingerprint density at radius 3 is 2.16 bits per heavy atom. The summed E-state index contributed by atoms with van der Waals surface area (Å²) >= 11 is 0. The van der Waals surface area contributed by atoms with Crippen molar-refractivity contribution in [2.24, 2.45) is 0 Å². The van der Waals surface area contributed by atoms with Gasteiger partial charge in [-0.2, -0.15) is 26.3 Å². The Kier molecular flexibility index (Phi) is 4.68. The Bertz CT molecular complexity index is 1240. The van der Waals surface area contributed by atoms with Gasteiger partial charge >= 0.3 is 12.4 Å². The lowest BCUT2D eigenvalue weighted by atomic mass is 10.0. The van der Waals surface area contributed by atoms with Gasteiger partial charge in [0.05, 0.1) is 11.6 Å². The third-order valence-electron chi connectivity index (χ3n) is 4.99. The number of hydrogen-bond acceptors (Lipinski definition) is 2. The zero-order chi connectivity index (χ0) is 22.6. The van der Waals surface area contributed by atoms with Crippen LogP contribution in [0.3, 0.4) is 0 Å². The van der Waals surface area contributed by atoms with E-state index in [1.165, 1.54) is 6.07 Å². The summed E-state index contributed by atoms with van der Waals surface area (Å²) in [6.07, 6.45) is -9.41. The number of alkyl halides is 6. The summed E-state index contributed by atoms with van der Waals surface area (Å²) in [5.41, 5.74) is -2.31. The summed E-state index contributed by atoms with van der Waals surface area (Å²) in [6.45, 7) is 0. The third-order valence-corrected chi connectivity index (χ3v) is 4.99. The number of rotatable bonds is 2. The smallest absolute Gasteiger partial charge is 0.341 e. The molecule has 0 bridgehead atoms. The summed E-state index contributed by atoms with van der Waals surface area (Å²) in [6, 6.07) is 10.0. The van der Waals surface area contributed by atoms with Crippen LogP contribution in [0, 0.1) is 0 Å². The summed E-state index contributed by atoms with van der Waals surface area (Å²) in [5, 5.41) is 2.48. The number of pyridine rings is 1. The monoisotopic (exact) mass is 438 g/mol. The minimum absolute atomic E-state index is 0.174. The molecule has 0 saturated carbocycles. The van der Waals surface area contributed by atoms with E-state index < -0.39 is 46.7 Å². The molecule has 1 atom stereocenters. The van der Waals surface area contributed by atoms with E-state index in [0.717, 1.165) is 18.2 Å². The topological polar surface area (TPSA) is 62.0 Å². The number of aromatic amines is 1. The van der Waals surface area contributed by atoms with Gasteiger partial charge in [-0.05, 0) is 46.5 Å². The minimum atomic E-state index is -4.80. The molecule has 1 aliphatic rings. The molecule has 1 aliphatic carbocycles. The van der Waals surface area contributed by atoms with Crippen LogP contribution in [0.15, 0.2) is 59.4 Å². The molecule has 2 N–H and O–H groups in total. The van der Waals surface area contributed by atoms with Crippen LogP contribution < -0.4 is 10.9 Å². The largest absolute Gasteiger partial charge is 0.431 e. The molecule has 1 aromatic heterocycles. The first-order valence-electron chi connectivity index (χ1n) is 8.88. The van der Waals surface area contributed by atoms with Gasteiger partial charge in [0, 0.05) is 0 Å². The molecule has 0 fully saturated rings. The second-order valence-corrected chi connectivity index (χ2v) is 6.91. The first-order valence-corrected chi connectivity index (χ1v) is 8.88. The van der Waals surface area contributed by atoms with E-state index in [2.05, 4.69) is 5.32 Å². The van der Waals surface area contributed by atoms with E-state index in [1.807, 2.05) is 0 Å². The fraction of sp³-hybridized carbons (Fsp3) is 0.143. The first kappa shape index (κ1) is 20.7. The minimum Gasteiger partial charge on any atom is -0.341 e. The van der Waals surface area contributed by atoms with Crippen molar-refractivity contribution in [2.75, 3.05) is 0 Å². The Morgan fingerprint density at radius 2 is 1.52 bits per heavy atom. The number of hydrogen-bond donors (Lipinski definition) is 2. The van der Waals surface area contributed by atoms with Crippen molar-refractivity contribution in [3.63, 3.8) is 0 Å². The molecule has 31 heavy (non-hydrogen) atoms. The number of carbonyl (C=O) groups is 1. The lowest BCUT2D eigenvalue weighted by Gasteiger charge is -2.17. The summed E-state index contributed by atoms with van der Waals surface area (Å²) in [7, 11) is 0. The lowest BCUT2D eigenvalue weighted by Crippen LogP contribution is -2.33. The van der Waals surface area contributed by atoms with Crippen LogP contribution in [0.1, 0.15) is 38.8 Å². The first-order chi connectivity index (χ1) is 14.5. The SMILES string of the molecule is O=C(NC1c2ccccc2-c2ccc(C(F)(F)F)cc21)c1ccc(C(F)(F)F)[nH]c1=O. The quantitative estimate of drug-likeness (QED) is 0.559. The fourth-order valence-corrected chi connectivity index (χ4v) is 3.57. The van der Waals surface area contributed by atoms with Gasteiger partial charge < -0.3 is 10.3 Å². The average molecular weight is 438 g/mol. The maximum Gasteiger partial charge on any atom is 0.431 e. The van der Waals surface area contributed by atoms with Gasteiger partial charge in [0.2, 0.25) is 0 Å². The molecular formula is C21H12F6N2O2. The van der Waals surface area contributed by atoms with Gasteiger partial charge in [0.15, 0.2) is 0 Å². The highest BCUT2D eigenvalue weighted by Gasteiger charge is 2.36. The Labute approximate surface area is 170 Å². The molecule has 0 saturated heterocycles. The van der Waals surface area contributed by atoms with Crippen LogP contribution in [0.2, 0.25) is 0 Å². The predicted octanol–water partition coefficient (Wildman–Crippen LogP) is 4.91. The maximum absolute atomic E-state index is 13.2. The molecule has 10 heteroatoms. The zero-order valence-electron chi connectivity index (χ0n) is 15.4. The second-order valence-electron chi connectivity index (χ2n) is 6.91. The highest BCUT2D eigenvalue weighted by Crippen LogP contribution is 2.45. The van der Waals surface area contributed by atoms with E-state index in [0.29, 0.717) is 22.8 Å². The van der Waals surface area contributed by atoms with Gasteiger partial charge in [-0.1, -0.05) is 30.3 Å². The lowest BCUT2D eigenvalue weighted by molar-refractivity contribution is -0.141. The summed E-state index contributed by atoms with van der Waals surface area (Å²) < 4.78 is 77.8. The number of fused-ring (bicyclic) bond motifs is 3. The molecule has 0 spiro atoms. The van der Waals surface area contributed by atoms with Crippen molar-refractivity contribution in [1.29, 1.82) is 0 Å². The second kappa shape index (κ2) is 7.00. The third kappa shape index (κ3) is 3.69. The molecule has 0 aliphatic heterocycles. The van der Waals surface area contributed by atoms with Gasteiger partial charge in [0.25, 0.3) is 11.5 Å². The standard InChI is InChI=1S/C21H12F6N2O2/c22-20(23,24)10-5-6-12-11-3-1-2-4-13(11)17(15(12)9-10)29-19(31)14-7-8-16(21(25,26)27)28-18(14)30/h1-9,17H,(H,28,30)(H,29,31). The van der Waals surface area contributed by atoms with Gasteiger partial charge in [-0.3, -0.25) is 9.59 Å². The van der Waals surface area contributed by atoms with Crippen LogP contribution in [0.5, 0.6) is 0 Å². The Balaban J connectivity index is 1.74. The van der Waals surface area contributed by atoms with Crippen LogP contribution >= 0.6 is 0 Å². The maximum atomic E-state index is 13.2. The normalized spacial score (nSPS) is 15.4. The van der Waals surface area contributed by atoms with E-state index in [4.69, 9.17) is 0 Å². The number of nitrogens with one attached hydrogen (secondary N) is 2. The molecule has 3 aromatic rings. The summed E-state index contributed by atoms with van der Waals surface area (Å²) in [4.78, 5) is 26.3. The van der Waals surface area contributed by atoms with Crippen molar-refractivity contribution in [2.45, 2.75) is 18.4 Å². The molecule has 2 aromatic carbocycles.